The van der Waals surface area contributed by atoms with E-state index in [0.29, 0.717) is 0 Å². The van der Waals surface area contributed by atoms with Gasteiger partial charge in [0.1, 0.15) is 0 Å². The molecule has 0 fully saturated rings. The fourth-order valence-electron chi connectivity index (χ4n) is 8.93. The van der Waals surface area contributed by atoms with E-state index in [1.54, 1.807) is 0 Å². The van der Waals surface area contributed by atoms with Gasteiger partial charge in [0.15, 0.2) is 0 Å². The lowest BCUT2D eigenvalue weighted by Gasteiger charge is -2.27. The van der Waals surface area contributed by atoms with Gasteiger partial charge in [0.2, 0.25) is 0 Å². The summed E-state index contributed by atoms with van der Waals surface area (Å²) in [6, 6.07) is 87.8. The first-order valence-electron chi connectivity index (χ1n) is 20.6. The highest BCUT2D eigenvalue weighted by atomic mass is 15.1. The average molecular weight is 765 g/mol. The van der Waals surface area contributed by atoms with Crippen LogP contribution in [0.25, 0.3) is 82.8 Å². The van der Waals surface area contributed by atoms with Gasteiger partial charge >= 0.3 is 0 Å². The predicted octanol–water partition coefficient (Wildman–Crippen LogP) is 16.1. The molecule has 2 heteroatoms. The topological polar surface area (TPSA) is 8.17 Å². The second-order valence-corrected chi connectivity index (χ2v) is 15.3. The lowest BCUT2D eigenvalue weighted by Crippen LogP contribution is -2.10. The highest BCUT2D eigenvalue weighted by Crippen LogP contribution is 2.41. The summed E-state index contributed by atoms with van der Waals surface area (Å²) in [5.41, 5.74) is 16.4. The summed E-state index contributed by atoms with van der Waals surface area (Å²) in [6.07, 6.45) is 0. The maximum atomic E-state index is 2.41. The van der Waals surface area contributed by atoms with Crippen LogP contribution in [0.3, 0.4) is 0 Å². The Balaban J connectivity index is 1.03. The van der Waals surface area contributed by atoms with Crippen molar-refractivity contribution in [2.24, 2.45) is 0 Å². The van der Waals surface area contributed by atoms with Gasteiger partial charge in [0.25, 0.3) is 0 Å². The molecule has 0 aliphatic rings. The minimum Gasteiger partial charge on any atom is -0.310 e. The quantitative estimate of drug-likeness (QED) is 0.150. The van der Waals surface area contributed by atoms with Crippen molar-refractivity contribution in [3.63, 3.8) is 0 Å². The number of para-hydroxylation sites is 3. The third-order valence-electron chi connectivity index (χ3n) is 11.8. The Labute approximate surface area is 350 Å². The van der Waals surface area contributed by atoms with Crippen LogP contribution in [0.4, 0.5) is 17.1 Å². The van der Waals surface area contributed by atoms with Crippen molar-refractivity contribution >= 4 is 49.6 Å². The first-order chi connectivity index (χ1) is 29.8. The van der Waals surface area contributed by atoms with Gasteiger partial charge in [0.05, 0.1) is 16.7 Å². The minimum absolute atomic E-state index is 1.08. The predicted molar refractivity (Wildman–Crippen MR) is 255 cm³/mol. The third kappa shape index (κ3) is 6.32. The van der Waals surface area contributed by atoms with Gasteiger partial charge in [-0.15, -0.1) is 0 Å². The Morgan fingerprint density at radius 1 is 0.267 bits per heavy atom. The van der Waals surface area contributed by atoms with E-state index in [0.717, 1.165) is 28.3 Å². The number of hydrogen-bond donors (Lipinski definition) is 0. The summed E-state index contributed by atoms with van der Waals surface area (Å²) < 4.78 is 2.41. The van der Waals surface area contributed by atoms with E-state index in [1.807, 2.05) is 0 Å². The second-order valence-electron chi connectivity index (χ2n) is 15.3. The van der Waals surface area contributed by atoms with Gasteiger partial charge in [-0.2, -0.15) is 0 Å². The van der Waals surface area contributed by atoms with E-state index < -0.39 is 0 Å². The van der Waals surface area contributed by atoms with Crippen molar-refractivity contribution < 1.29 is 0 Å². The van der Waals surface area contributed by atoms with E-state index in [2.05, 4.69) is 252 Å². The molecule has 0 unspecified atom stereocenters. The van der Waals surface area contributed by atoms with Crippen LogP contribution in [-0.4, -0.2) is 4.57 Å². The Bertz CT molecular complexity index is 3240. The largest absolute Gasteiger partial charge is 0.310 e. The van der Waals surface area contributed by atoms with Gasteiger partial charge in [-0.25, -0.2) is 0 Å². The molecule has 0 bridgehead atoms. The molecule has 1 aromatic heterocycles. The lowest BCUT2D eigenvalue weighted by atomic mass is 9.97. The van der Waals surface area contributed by atoms with Crippen LogP contribution in [-0.2, 0) is 0 Å². The summed E-state index contributed by atoms with van der Waals surface area (Å²) in [4.78, 5) is 2.39. The normalized spacial score (nSPS) is 11.3. The van der Waals surface area contributed by atoms with Crippen molar-refractivity contribution in [2.75, 3.05) is 4.90 Å². The maximum absolute atomic E-state index is 2.41. The van der Waals surface area contributed by atoms with Crippen molar-refractivity contribution in [1.82, 2.24) is 4.57 Å². The first kappa shape index (κ1) is 35.2. The first-order valence-corrected chi connectivity index (χ1v) is 20.6. The SMILES string of the molecule is c1ccc(-c2ccc(-c3cccc(N(c4ccc(-c5ccccc5-n5c6ccccc6c6ccccc65)cc4)c4cccc(-c5cccc6ccccc56)c4)c3)cc2)cc1. The monoisotopic (exact) mass is 764 g/mol. The van der Waals surface area contributed by atoms with E-state index in [4.69, 9.17) is 0 Å². The molecule has 0 saturated heterocycles. The molecule has 0 atom stereocenters. The number of nitrogens with zero attached hydrogens (tertiary/aromatic N) is 2. The molecule has 282 valence electrons. The van der Waals surface area contributed by atoms with Crippen LogP contribution in [0.15, 0.2) is 243 Å². The fourth-order valence-corrected chi connectivity index (χ4v) is 8.93. The van der Waals surface area contributed by atoms with Crippen LogP contribution in [0.2, 0.25) is 0 Å². The summed E-state index contributed by atoms with van der Waals surface area (Å²) in [5, 5.41) is 5.00. The third-order valence-corrected chi connectivity index (χ3v) is 11.8. The van der Waals surface area contributed by atoms with Crippen molar-refractivity contribution in [3.05, 3.63) is 243 Å². The zero-order valence-corrected chi connectivity index (χ0v) is 33.0. The molecular formula is C58H40N2. The molecule has 0 spiro atoms. The Morgan fingerprint density at radius 3 is 1.45 bits per heavy atom. The number of anilines is 3. The molecule has 2 nitrogen and oxygen atoms in total. The zero-order valence-electron chi connectivity index (χ0n) is 33.0. The highest BCUT2D eigenvalue weighted by Gasteiger charge is 2.18. The average Bonchev–Trinajstić information content (AvgIpc) is 3.66. The number of aromatic nitrogens is 1. The Morgan fingerprint density at radius 2 is 0.733 bits per heavy atom. The van der Waals surface area contributed by atoms with E-state index in [9.17, 15) is 0 Å². The van der Waals surface area contributed by atoms with Gasteiger partial charge in [-0.1, -0.05) is 188 Å². The number of hydrogen-bond acceptors (Lipinski definition) is 1. The molecule has 10 aromatic carbocycles. The number of rotatable bonds is 8. The molecule has 60 heavy (non-hydrogen) atoms. The van der Waals surface area contributed by atoms with Crippen LogP contribution in [0.1, 0.15) is 0 Å². The maximum Gasteiger partial charge on any atom is 0.0541 e. The fraction of sp³-hybridized carbons (Fsp3) is 0. The van der Waals surface area contributed by atoms with Crippen LogP contribution in [0.5, 0.6) is 0 Å². The van der Waals surface area contributed by atoms with Gasteiger partial charge in [-0.05, 0) is 104 Å². The number of benzene rings is 10. The molecule has 0 saturated carbocycles. The molecule has 0 amide bonds. The van der Waals surface area contributed by atoms with E-state index in [-0.39, 0.29) is 0 Å². The molecule has 11 aromatic rings. The molecule has 0 aliphatic carbocycles. The van der Waals surface area contributed by atoms with Crippen LogP contribution in [0, 0.1) is 0 Å². The smallest absolute Gasteiger partial charge is 0.0541 e. The number of fused-ring (bicyclic) bond motifs is 4. The van der Waals surface area contributed by atoms with E-state index in [1.165, 1.54) is 71.5 Å². The molecule has 1 heterocycles. The van der Waals surface area contributed by atoms with Crippen molar-refractivity contribution in [3.8, 4) is 50.2 Å². The minimum atomic E-state index is 1.08. The molecule has 0 N–H and O–H groups in total. The molecule has 0 aliphatic heterocycles. The van der Waals surface area contributed by atoms with Gasteiger partial charge in [-0.3, -0.25) is 0 Å². The molecular weight excluding hydrogens is 725 g/mol. The van der Waals surface area contributed by atoms with Gasteiger partial charge in [0, 0.05) is 33.4 Å². The van der Waals surface area contributed by atoms with Crippen LogP contribution < -0.4 is 4.90 Å². The summed E-state index contributed by atoms with van der Waals surface area (Å²) >= 11 is 0. The zero-order chi connectivity index (χ0) is 39.8. The summed E-state index contributed by atoms with van der Waals surface area (Å²) in [7, 11) is 0. The molecule has 0 radical (unpaired) electrons. The van der Waals surface area contributed by atoms with Gasteiger partial charge < -0.3 is 9.47 Å². The van der Waals surface area contributed by atoms with Crippen molar-refractivity contribution in [2.45, 2.75) is 0 Å². The van der Waals surface area contributed by atoms with E-state index >= 15 is 0 Å². The van der Waals surface area contributed by atoms with Crippen molar-refractivity contribution in [1.29, 1.82) is 0 Å². The van der Waals surface area contributed by atoms with Crippen LogP contribution >= 0.6 is 0 Å². The second kappa shape index (κ2) is 15.1. The summed E-state index contributed by atoms with van der Waals surface area (Å²) in [6.45, 7) is 0. The molecule has 11 rings (SSSR count). The Hall–Kier alpha value is -7.94. The highest BCUT2D eigenvalue weighted by molar-refractivity contribution is 6.09. The Kier molecular flexibility index (Phi) is 8.87. The lowest BCUT2D eigenvalue weighted by molar-refractivity contribution is 1.18. The standard InChI is InChI=1S/C58H40N2/c1-2-15-41(16-3-1)42-31-33-43(34-32-42)46-19-12-21-49(39-46)59(50-22-13-20-47(40-50)52-27-14-18-44-17-4-5-23-51(44)52)48-37-35-45(36-38-48)53-24-6-9-28-56(53)60-57-29-10-7-25-54(57)55-26-8-11-30-58(55)60/h1-40H. The summed E-state index contributed by atoms with van der Waals surface area (Å²) in [5.74, 6) is 0.